The number of nitrogens with two attached hydrogens (primary N) is 1. The number of anilines is 1. The van der Waals surface area contributed by atoms with Crippen molar-refractivity contribution in [2.75, 3.05) is 32.6 Å². The summed E-state index contributed by atoms with van der Waals surface area (Å²) in [6.07, 6.45) is 6.78. The van der Waals surface area contributed by atoms with Crippen molar-refractivity contribution in [3.8, 4) is 5.75 Å². The highest BCUT2D eigenvalue weighted by Gasteiger charge is 2.39. The van der Waals surface area contributed by atoms with Crippen LogP contribution in [0, 0.1) is 11.6 Å². The molecule has 0 radical (unpaired) electrons. The number of benzene rings is 4. The number of methoxy groups -OCH3 is 1. The molecule has 484 valence electrons. The van der Waals surface area contributed by atoms with Crippen molar-refractivity contribution in [1.29, 1.82) is 0 Å². The van der Waals surface area contributed by atoms with Crippen molar-refractivity contribution in [2.45, 2.75) is 108 Å². The van der Waals surface area contributed by atoms with Gasteiger partial charge in [-0.2, -0.15) is 0 Å². The van der Waals surface area contributed by atoms with Crippen LogP contribution in [0.25, 0.3) is 21.8 Å². The maximum Gasteiger partial charge on any atom is 0.260 e. The van der Waals surface area contributed by atoms with Crippen LogP contribution < -0.4 is 47.7 Å². The van der Waals surface area contributed by atoms with E-state index < -0.39 is 95.3 Å². The van der Waals surface area contributed by atoms with E-state index in [4.69, 9.17) is 10.5 Å². The zero-order chi connectivity index (χ0) is 66.2. The molecule has 3 aromatic heterocycles. The molecule has 1 aliphatic heterocycles. The highest BCUT2D eigenvalue weighted by molar-refractivity contribution is 14.1. The van der Waals surface area contributed by atoms with Crippen molar-refractivity contribution in [1.82, 2.24) is 59.4 Å². The number of hydrogen-bond donors (Lipinski definition) is 10. The Labute approximate surface area is 541 Å². The van der Waals surface area contributed by atoms with Gasteiger partial charge in [0.05, 0.1) is 47.8 Å². The second kappa shape index (κ2) is 31.6. The van der Waals surface area contributed by atoms with Gasteiger partial charge in [-0.15, -0.1) is 0 Å². The number of aldehydes is 1. The number of ether oxygens (including phenoxy) is 1. The van der Waals surface area contributed by atoms with Crippen LogP contribution in [0.3, 0.4) is 0 Å². The number of likely N-dealkylation sites (tertiary alicyclic amines) is 1. The van der Waals surface area contributed by atoms with Crippen molar-refractivity contribution >= 4 is 110 Å². The molecule has 7 aromatic rings. The fraction of sp³-hybridized carbons (Fsp3) is 0.328. The standard InChI is InChI=1S/C64H71F2IN14O11/c1-5-40(21-24-82)59(86)76-50(30-44-33-69-35-81(44)67)60(87)77-51(25-37-12-16-45(92-4)17-13-37)64(91)80-23-6-7-53(80)61(88)70-22-20-55(83)73-31-39-10-8-38(9-11-39)26-56(84)74-36(2)63(90)79(3)54(27-41-32-71-48-18-14-42(65)28-46(41)48)62(89)78-58(57(68)85)75-52-34-72-49-19-15-43(66)29-47(49)52/h8-19,21,24,28-29,32-36,50-51,53-54,58,71-72,75H,5-7,20,22-23,25-27,30-31H2,1-4H3,(H2,68,85)(H,70,88)(H,73,83)(H,74,84)(H,76,86)(H,77,87)(H,78,89)/b40-21-/t36-,50+,51+,53?,54+,58-/m1/s1. The summed E-state index contributed by atoms with van der Waals surface area (Å²) in [7, 11) is 2.87. The number of nitrogens with one attached hydrogen (secondary N) is 9. The topological polar surface area (TPSA) is 346 Å². The summed E-state index contributed by atoms with van der Waals surface area (Å²) >= 11 is 1.99. The maximum absolute atomic E-state index is 14.6. The molecule has 8 rings (SSSR count). The smallest absolute Gasteiger partial charge is 0.260 e. The van der Waals surface area contributed by atoms with E-state index in [0.717, 1.165) is 11.0 Å². The summed E-state index contributed by atoms with van der Waals surface area (Å²) in [5.41, 5.74) is 10.2. The van der Waals surface area contributed by atoms with Crippen LogP contribution in [0.5, 0.6) is 5.75 Å². The molecule has 25 nitrogen and oxygen atoms in total. The minimum Gasteiger partial charge on any atom is -0.497 e. The number of halogens is 3. The van der Waals surface area contributed by atoms with E-state index in [1.165, 1.54) is 74.9 Å². The lowest BCUT2D eigenvalue weighted by atomic mass is 10.0. The lowest BCUT2D eigenvalue weighted by molar-refractivity contribution is -0.142. The predicted molar refractivity (Wildman–Crippen MR) is 344 cm³/mol. The summed E-state index contributed by atoms with van der Waals surface area (Å²) in [5.74, 6) is -6.29. The Hall–Kier alpha value is -10.0. The van der Waals surface area contributed by atoms with Crippen LogP contribution in [0.4, 0.5) is 14.5 Å². The number of aromatic nitrogens is 4. The van der Waals surface area contributed by atoms with Gasteiger partial charge in [-0.05, 0) is 103 Å². The highest BCUT2D eigenvalue weighted by Crippen LogP contribution is 2.27. The number of hydrogen-bond acceptors (Lipinski definition) is 13. The molecule has 1 aliphatic rings. The number of likely N-dealkylation sites (N-methyl/N-ethyl adjacent to an activating group) is 1. The minimum atomic E-state index is -1.54. The lowest BCUT2D eigenvalue weighted by Crippen LogP contribution is -2.58. The van der Waals surface area contributed by atoms with Gasteiger partial charge in [0.25, 0.3) is 5.91 Å². The molecule has 28 heteroatoms. The number of amides is 9. The molecule has 1 fully saturated rings. The number of H-pyrrole nitrogens is 2. The first-order chi connectivity index (χ1) is 44.1. The number of nitrogens with zero attached hydrogens (tertiary/aromatic N) is 4. The number of carbonyl (C=O) groups excluding carboxylic acids is 10. The molecule has 0 aliphatic carbocycles. The number of rotatable bonds is 30. The second-order valence-electron chi connectivity index (χ2n) is 22.1. The van der Waals surface area contributed by atoms with Crippen LogP contribution >= 0.6 is 22.9 Å². The van der Waals surface area contributed by atoms with E-state index in [0.29, 0.717) is 74.6 Å². The fourth-order valence-electron chi connectivity index (χ4n) is 10.7. The zero-order valence-corrected chi connectivity index (χ0v) is 52.9. The molecule has 0 saturated carbocycles. The SMILES string of the molecule is CC/C(=C/C=O)C(=O)N[C@@H](Cc1cncn1I)C(=O)N[C@@H](Cc1ccc(OC)cc1)C(=O)N1CCCC1C(=O)NCCC(=O)NCc1ccc(CC(=O)N[C@H](C)C(=O)N(C)[C@@H](Cc2c[nH]c3ccc(F)cc23)C(=O)N[C@@H](Nc2c[nH]c3ccc(F)cc23)C(N)=O)cc1. The number of imidazole rings is 1. The van der Waals surface area contributed by atoms with E-state index in [-0.39, 0.29) is 75.3 Å². The Morgan fingerprint density at radius 1 is 0.804 bits per heavy atom. The van der Waals surface area contributed by atoms with E-state index in [9.17, 15) is 56.7 Å². The molecule has 6 atom stereocenters. The number of aromatic amines is 2. The highest BCUT2D eigenvalue weighted by atomic mass is 127. The van der Waals surface area contributed by atoms with Crippen molar-refractivity contribution in [3.63, 3.8) is 0 Å². The average molecular weight is 1380 g/mol. The number of fused-ring (bicyclic) bond motifs is 2. The molecule has 0 spiro atoms. The molecular formula is C64H71F2IN14O11. The summed E-state index contributed by atoms with van der Waals surface area (Å²) in [6.45, 7) is 3.39. The summed E-state index contributed by atoms with van der Waals surface area (Å²) in [6, 6.07) is 15.9. The number of allylic oxidation sites excluding steroid dienone is 1. The Balaban J connectivity index is 0.831. The van der Waals surface area contributed by atoms with Gasteiger partial charge < -0.3 is 67.5 Å². The minimum absolute atomic E-state index is 0.00949. The largest absolute Gasteiger partial charge is 0.497 e. The lowest BCUT2D eigenvalue weighted by Gasteiger charge is -2.31. The monoisotopic (exact) mass is 1380 g/mol. The van der Waals surface area contributed by atoms with Gasteiger partial charge in [-0.3, -0.25) is 50.7 Å². The number of carbonyl (C=O) groups is 10. The average Bonchev–Trinajstić information content (AvgIpc) is 2.42. The van der Waals surface area contributed by atoms with Gasteiger partial charge >= 0.3 is 0 Å². The molecule has 11 N–H and O–H groups in total. The Kier molecular flexibility index (Phi) is 23.4. The maximum atomic E-state index is 14.6. The van der Waals surface area contributed by atoms with E-state index in [2.05, 4.69) is 52.2 Å². The van der Waals surface area contributed by atoms with Crippen molar-refractivity contribution < 1.29 is 61.5 Å². The predicted octanol–water partition coefficient (Wildman–Crippen LogP) is 3.59. The van der Waals surface area contributed by atoms with Crippen LogP contribution in [-0.4, -0.2) is 151 Å². The second-order valence-corrected chi connectivity index (χ2v) is 23.1. The van der Waals surface area contributed by atoms with Crippen LogP contribution in [0.15, 0.2) is 121 Å². The van der Waals surface area contributed by atoms with Crippen LogP contribution in [0.2, 0.25) is 0 Å². The van der Waals surface area contributed by atoms with Crippen LogP contribution in [0.1, 0.15) is 67.5 Å². The first kappa shape index (κ1) is 67.9. The number of primary amides is 1. The molecule has 4 heterocycles. The normalized spacial score (nSPS) is 14.7. The van der Waals surface area contributed by atoms with Crippen molar-refractivity contribution in [2.24, 2.45) is 5.73 Å². The molecule has 4 aromatic carbocycles. The van der Waals surface area contributed by atoms with Gasteiger partial charge in [0.1, 0.15) is 60.2 Å². The molecule has 0 bridgehead atoms. The van der Waals surface area contributed by atoms with Gasteiger partial charge in [-0.25, -0.2) is 13.8 Å². The zero-order valence-electron chi connectivity index (χ0n) is 50.8. The molecular weight excluding hydrogens is 1310 g/mol. The third-order valence-electron chi connectivity index (χ3n) is 15.7. The summed E-state index contributed by atoms with van der Waals surface area (Å²) in [5, 5.41) is 20.0. The van der Waals surface area contributed by atoms with Gasteiger partial charge in [0, 0.05) is 98.3 Å². The molecule has 1 saturated heterocycles. The van der Waals surface area contributed by atoms with Gasteiger partial charge in [-0.1, -0.05) is 43.3 Å². The summed E-state index contributed by atoms with van der Waals surface area (Å²) in [4.78, 5) is 147. The first-order valence-corrected chi connectivity index (χ1v) is 30.5. The summed E-state index contributed by atoms with van der Waals surface area (Å²) < 4.78 is 35.6. The Morgan fingerprint density at radius 3 is 2.14 bits per heavy atom. The first-order valence-electron chi connectivity index (χ1n) is 29.6. The van der Waals surface area contributed by atoms with Gasteiger partial charge in [0.2, 0.25) is 47.3 Å². The quantitative estimate of drug-likeness (QED) is 0.0133. The molecule has 9 amide bonds. The third kappa shape index (κ3) is 17.7. The van der Waals surface area contributed by atoms with Crippen molar-refractivity contribution in [3.05, 3.63) is 161 Å². The Bertz CT molecular complexity index is 3890. The molecule has 1 unspecified atom stereocenters. The Morgan fingerprint density at radius 2 is 1.48 bits per heavy atom. The van der Waals surface area contributed by atoms with E-state index in [1.807, 2.05) is 22.9 Å². The molecule has 92 heavy (non-hydrogen) atoms. The third-order valence-corrected chi connectivity index (χ3v) is 16.6. The van der Waals surface area contributed by atoms with E-state index in [1.54, 1.807) is 70.6 Å². The van der Waals surface area contributed by atoms with Gasteiger partial charge in [0.15, 0.2) is 6.17 Å². The fourth-order valence-corrected chi connectivity index (χ4v) is 11.2. The van der Waals surface area contributed by atoms with Crippen LogP contribution in [-0.2, 0) is 80.2 Å². The van der Waals surface area contributed by atoms with E-state index >= 15 is 0 Å².